The number of hydrogen-bond acceptors (Lipinski definition) is 4. The highest BCUT2D eigenvalue weighted by Gasteiger charge is 2.31. The summed E-state index contributed by atoms with van der Waals surface area (Å²) in [7, 11) is 0. The summed E-state index contributed by atoms with van der Waals surface area (Å²) in [5, 5.41) is 3.61. The molecule has 10 heteroatoms. The molecule has 0 aliphatic carbocycles. The lowest BCUT2D eigenvalue weighted by Crippen LogP contribution is -2.32. The average Bonchev–Trinajstić information content (AvgIpc) is 3.17. The number of fused-ring (bicyclic) bond motifs is 3. The molecule has 0 saturated carbocycles. The Morgan fingerprint density at radius 3 is 2.59 bits per heavy atom. The summed E-state index contributed by atoms with van der Waals surface area (Å²) in [6.07, 6.45) is -3.92. The first-order chi connectivity index (χ1) is 17.6. The summed E-state index contributed by atoms with van der Waals surface area (Å²) in [5.41, 5.74) is 1.90. The Bertz CT molecular complexity index is 1530. The Hall–Kier alpha value is -3.69. The second kappa shape index (κ2) is 9.64. The summed E-state index contributed by atoms with van der Waals surface area (Å²) < 4.78 is 39.0. The van der Waals surface area contributed by atoms with Gasteiger partial charge < -0.3 is 10.2 Å². The maximum absolute atomic E-state index is 13.6. The van der Waals surface area contributed by atoms with Gasteiger partial charge in [-0.1, -0.05) is 35.9 Å². The number of thiazole rings is 1. The van der Waals surface area contributed by atoms with Gasteiger partial charge in [-0.05, 0) is 49.4 Å². The molecule has 1 aromatic heterocycles. The number of amides is 2. The number of carbonyl (C=O) groups is 2. The van der Waals surface area contributed by atoms with Gasteiger partial charge in [0.15, 0.2) is 0 Å². The van der Waals surface area contributed by atoms with E-state index in [1.54, 1.807) is 16.2 Å². The van der Waals surface area contributed by atoms with Crippen molar-refractivity contribution in [1.29, 1.82) is 0 Å². The van der Waals surface area contributed by atoms with Crippen LogP contribution < -0.4 is 10.2 Å². The van der Waals surface area contributed by atoms with E-state index in [0.717, 1.165) is 39.0 Å². The largest absolute Gasteiger partial charge is 0.416 e. The Morgan fingerprint density at radius 1 is 1.05 bits per heavy atom. The number of benzene rings is 3. The number of halogens is 4. The standard InChI is InChI=1S/C27H19ClF3N3O2S/c1-15-32-24-20-7-2-3-8-22(20)34(12-11-23(24)37-15)26(36)19-10-9-18(14-21(19)28)33-25(35)16-5-4-6-17(13-16)27(29,30)31/h2-10,13-14H,11-12H2,1H3,(H,33,35). The molecule has 3 aromatic carbocycles. The highest BCUT2D eigenvalue weighted by atomic mass is 35.5. The van der Waals surface area contributed by atoms with Gasteiger partial charge in [0.1, 0.15) is 0 Å². The van der Waals surface area contributed by atoms with Gasteiger partial charge in [0.2, 0.25) is 0 Å². The molecule has 1 aliphatic rings. The van der Waals surface area contributed by atoms with E-state index in [1.807, 2.05) is 31.2 Å². The number of carbonyl (C=O) groups excluding carboxylic acids is 2. The zero-order valence-electron chi connectivity index (χ0n) is 19.4. The summed E-state index contributed by atoms with van der Waals surface area (Å²) >= 11 is 8.07. The van der Waals surface area contributed by atoms with Gasteiger partial charge in [0.05, 0.1) is 32.5 Å². The number of nitrogens with one attached hydrogen (secondary N) is 1. The SMILES string of the molecule is Cc1nc2c(s1)CCN(C(=O)c1ccc(NC(=O)c3cccc(C(F)(F)F)c3)cc1Cl)c1ccccc1-2. The summed E-state index contributed by atoms with van der Waals surface area (Å²) in [5.74, 6) is -1.03. The molecule has 5 rings (SSSR count). The van der Waals surface area contributed by atoms with Crippen LogP contribution in [0.25, 0.3) is 11.3 Å². The maximum atomic E-state index is 13.6. The van der Waals surface area contributed by atoms with Crippen LogP contribution in [0.3, 0.4) is 0 Å². The summed E-state index contributed by atoms with van der Waals surface area (Å²) in [6.45, 7) is 2.40. The number of alkyl halides is 3. The van der Waals surface area contributed by atoms with Gasteiger partial charge in [-0.15, -0.1) is 11.3 Å². The van der Waals surface area contributed by atoms with E-state index in [1.165, 1.54) is 30.3 Å². The number of para-hydroxylation sites is 1. The minimum atomic E-state index is -4.56. The third kappa shape index (κ3) is 4.97. The van der Waals surface area contributed by atoms with E-state index in [0.29, 0.717) is 13.0 Å². The lowest BCUT2D eigenvalue weighted by molar-refractivity contribution is -0.137. The Labute approximate surface area is 219 Å². The quantitative estimate of drug-likeness (QED) is 0.297. The molecule has 188 valence electrons. The van der Waals surface area contributed by atoms with Gasteiger partial charge >= 0.3 is 6.18 Å². The van der Waals surface area contributed by atoms with Gasteiger partial charge in [-0.3, -0.25) is 9.59 Å². The van der Waals surface area contributed by atoms with Crippen molar-refractivity contribution in [3.8, 4) is 11.3 Å². The van der Waals surface area contributed by atoms with Crippen molar-refractivity contribution in [2.24, 2.45) is 0 Å². The first-order valence-electron chi connectivity index (χ1n) is 11.3. The molecular formula is C27H19ClF3N3O2S. The smallest absolute Gasteiger partial charge is 0.322 e. The van der Waals surface area contributed by atoms with Crippen molar-refractivity contribution in [2.75, 3.05) is 16.8 Å². The molecule has 0 spiro atoms. The van der Waals surface area contributed by atoms with Gasteiger partial charge in [-0.2, -0.15) is 13.2 Å². The predicted molar refractivity (Wildman–Crippen MR) is 139 cm³/mol. The maximum Gasteiger partial charge on any atom is 0.416 e. The Balaban J connectivity index is 1.39. The van der Waals surface area contributed by atoms with Gasteiger partial charge in [0, 0.05) is 34.7 Å². The number of aryl methyl sites for hydroxylation is 1. The molecule has 0 unspecified atom stereocenters. The van der Waals surface area contributed by atoms with Crippen molar-refractivity contribution in [3.63, 3.8) is 0 Å². The van der Waals surface area contributed by atoms with Crippen molar-refractivity contribution < 1.29 is 22.8 Å². The number of rotatable bonds is 3. The van der Waals surface area contributed by atoms with Crippen LogP contribution in [0.2, 0.25) is 5.02 Å². The fourth-order valence-electron chi connectivity index (χ4n) is 4.25. The number of anilines is 2. The highest BCUT2D eigenvalue weighted by molar-refractivity contribution is 7.12. The van der Waals surface area contributed by atoms with Gasteiger partial charge in [0.25, 0.3) is 11.8 Å². The van der Waals surface area contributed by atoms with E-state index in [4.69, 9.17) is 11.6 Å². The fraction of sp³-hybridized carbons (Fsp3) is 0.148. The van der Waals surface area contributed by atoms with E-state index in [-0.39, 0.29) is 27.7 Å². The van der Waals surface area contributed by atoms with Crippen molar-refractivity contribution in [2.45, 2.75) is 19.5 Å². The highest BCUT2D eigenvalue weighted by Crippen LogP contribution is 2.39. The molecule has 4 aromatic rings. The zero-order valence-corrected chi connectivity index (χ0v) is 21.0. The molecule has 1 aliphatic heterocycles. The summed E-state index contributed by atoms with van der Waals surface area (Å²) in [6, 6.07) is 16.1. The molecule has 0 saturated heterocycles. The van der Waals surface area contributed by atoms with Crippen molar-refractivity contribution in [3.05, 3.63) is 98.3 Å². The first-order valence-corrected chi connectivity index (χ1v) is 12.5. The molecule has 1 N–H and O–H groups in total. The monoisotopic (exact) mass is 541 g/mol. The van der Waals surface area contributed by atoms with Crippen LogP contribution in [0.15, 0.2) is 66.7 Å². The van der Waals surface area contributed by atoms with Crippen LogP contribution in [0, 0.1) is 6.92 Å². The molecular weight excluding hydrogens is 523 g/mol. The van der Waals surface area contributed by atoms with Crippen LogP contribution in [0.1, 0.15) is 36.2 Å². The molecule has 0 bridgehead atoms. The van der Waals surface area contributed by atoms with Crippen molar-refractivity contribution >= 4 is 46.1 Å². The number of aromatic nitrogens is 1. The normalized spacial score (nSPS) is 12.9. The van der Waals surface area contributed by atoms with Crippen LogP contribution >= 0.6 is 22.9 Å². The molecule has 2 heterocycles. The molecule has 0 radical (unpaired) electrons. The lowest BCUT2D eigenvalue weighted by Gasteiger charge is -2.23. The minimum absolute atomic E-state index is 0.109. The second-order valence-electron chi connectivity index (χ2n) is 8.46. The molecule has 2 amide bonds. The molecule has 0 fully saturated rings. The molecule has 0 atom stereocenters. The first kappa shape index (κ1) is 25.0. The number of nitrogens with zero attached hydrogens (tertiary/aromatic N) is 2. The average molecular weight is 542 g/mol. The Morgan fingerprint density at radius 2 is 1.84 bits per heavy atom. The Kier molecular flexibility index (Phi) is 6.51. The third-order valence-corrected chi connectivity index (χ3v) is 7.31. The van der Waals surface area contributed by atoms with Crippen LogP contribution in [-0.4, -0.2) is 23.3 Å². The van der Waals surface area contributed by atoms with Crippen molar-refractivity contribution in [1.82, 2.24) is 4.98 Å². The van der Waals surface area contributed by atoms with Gasteiger partial charge in [-0.25, -0.2) is 4.98 Å². The second-order valence-corrected chi connectivity index (χ2v) is 10.2. The van der Waals surface area contributed by atoms with Crippen LogP contribution in [-0.2, 0) is 12.6 Å². The van der Waals surface area contributed by atoms with Crippen LogP contribution in [0.5, 0.6) is 0 Å². The van der Waals surface area contributed by atoms with Crippen LogP contribution in [0.4, 0.5) is 24.5 Å². The minimum Gasteiger partial charge on any atom is -0.322 e. The molecule has 5 nitrogen and oxygen atoms in total. The van der Waals surface area contributed by atoms with E-state index in [2.05, 4.69) is 10.3 Å². The van der Waals surface area contributed by atoms with E-state index in [9.17, 15) is 22.8 Å². The van der Waals surface area contributed by atoms with E-state index < -0.39 is 17.6 Å². The predicted octanol–water partition coefficient (Wildman–Crippen LogP) is 7.25. The fourth-order valence-corrected chi connectivity index (χ4v) is 5.46. The molecule has 37 heavy (non-hydrogen) atoms. The lowest BCUT2D eigenvalue weighted by atomic mass is 10.1. The van der Waals surface area contributed by atoms with E-state index >= 15 is 0 Å². The topological polar surface area (TPSA) is 62.3 Å². The number of hydrogen-bond donors (Lipinski definition) is 1. The zero-order chi connectivity index (χ0) is 26.3. The summed E-state index contributed by atoms with van der Waals surface area (Å²) in [4.78, 5) is 33.6. The third-order valence-electron chi connectivity index (χ3n) is 5.97.